The Morgan fingerprint density at radius 3 is 2.79 bits per heavy atom. The third kappa shape index (κ3) is 2.58. The minimum absolute atomic E-state index is 0.374. The highest BCUT2D eigenvalue weighted by Crippen LogP contribution is 2.27. The molecule has 14 heavy (non-hydrogen) atoms. The van der Waals surface area contributed by atoms with Gasteiger partial charge in [0.15, 0.2) is 0 Å². The summed E-state index contributed by atoms with van der Waals surface area (Å²) in [4.78, 5) is 10.5. The van der Waals surface area contributed by atoms with Crippen LogP contribution in [0.4, 0.5) is 4.79 Å². The van der Waals surface area contributed by atoms with Crippen molar-refractivity contribution in [2.24, 2.45) is 22.7 Å². The molecule has 0 heterocycles. The summed E-state index contributed by atoms with van der Waals surface area (Å²) < 4.78 is 0. The molecule has 0 aromatic carbocycles. The van der Waals surface area contributed by atoms with Crippen LogP contribution in [0.5, 0.6) is 0 Å². The lowest BCUT2D eigenvalue weighted by Gasteiger charge is -2.06. The van der Waals surface area contributed by atoms with E-state index in [1.165, 1.54) is 5.57 Å². The minimum Gasteiger partial charge on any atom is -0.350 e. The summed E-state index contributed by atoms with van der Waals surface area (Å²) in [5, 5.41) is 3.95. The van der Waals surface area contributed by atoms with Gasteiger partial charge in [0.2, 0.25) is 0 Å². The zero-order valence-electron chi connectivity index (χ0n) is 8.87. The van der Waals surface area contributed by atoms with Crippen LogP contribution in [0, 0.1) is 11.8 Å². The van der Waals surface area contributed by atoms with Gasteiger partial charge in [-0.2, -0.15) is 5.10 Å². The third-order valence-electron chi connectivity index (χ3n) is 2.42. The molecule has 2 amide bonds. The van der Waals surface area contributed by atoms with Crippen LogP contribution in [0.25, 0.3) is 0 Å². The quantitative estimate of drug-likeness (QED) is 0.646. The Balaban J connectivity index is 2.70. The molecule has 0 aromatic heterocycles. The van der Waals surface area contributed by atoms with E-state index < -0.39 is 6.03 Å². The fourth-order valence-corrected chi connectivity index (χ4v) is 1.51. The molecule has 0 spiro atoms. The number of carbonyl (C=O) groups is 1. The average molecular weight is 195 g/mol. The first kappa shape index (κ1) is 10.8. The van der Waals surface area contributed by atoms with Crippen molar-refractivity contribution in [3.63, 3.8) is 0 Å². The van der Waals surface area contributed by atoms with Crippen LogP contribution in [0.1, 0.15) is 27.2 Å². The molecule has 0 fully saturated rings. The molecule has 0 aliphatic heterocycles. The Bertz CT molecular complexity index is 292. The van der Waals surface area contributed by atoms with E-state index in [4.69, 9.17) is 5.73 Å². The number of nitrogens with one attached hydrogen (secondary N) is 1. The van der Waals surface area contributed by atoms with Crippen molar-refractivity contribution in [1.82, 2.24) is 5.43 Å². The van der Waals surface area contributed by atoms with E-state index in [1.54, 1.807) is 0 Å². The van der Waals surface area contributed by atoms with E-state index in [9.17, 15) is 4.79 Å². The monoisotopic (exact) mass is 195 g/mol. The normalized spacial score (nSPS) is 24.1. The SMILES string of the molecule is CC(C)C1=C/C(=N\NC(N)=O)C(C)C1. The van der Waals surface area contributed by atoms with Crippen LogP contribution >= 0.6 is 0 Å². The molecular weight excluding hydrogens is 178 g/mol. The van der Waals surface area contributed by atoms with Gasteiger partial charge in [-0.25, -0.2) is 10.2 Å². The standard InChI is InChI=1S/C10H17N3O/c1-6(2)8-4-7(3)9(5-8)12-13-10(11)14/h5-7H,4H2,1-3H3,(H3,11,13,14)/b12-9+. The fourth-order valence-electron chi connectivity index (χ4n) is 1.51. The van der Waals surface area contributed by atoms with Crippen molar-refractivity contribution >= 4 is 11.7 Å². The molecule has 0 aromatic rings. The Kier molecular flexibility index (Phi) is 3.28. The van der Waals surface area contributed by atoms with E-state index in [1.807, 2.05) is 6.08 Å². The first-order valence-electron chi connectivity index (χ1n) is 4.84. The zero-order chi connectivity index (χ0) is 10.7. The summed E-state index contributed by atoms with van der Waals surface area (Å²) in [6.45, 7) is 6.40. The van der Waals surface area contributed by atoms with Gasteiger partial charge in [0.25, 0.3) is 0 Å². The maximum atomic E-state index is 10.5. The summed E-state index contributed by atoms with van der Waals surface area (Å²) in [5.74, 6) is 0.915. The second kappa shape index (κ2) is 4.26. The number of primary amides is 1. The number of nitrogens with two attached hydrogens (primary N) is 1. The lowest BCUT2D eigenvalue weighted by molar-refractivity contribution is 0.249. The summed E-state index contributed by atoms with van der Waals surface area (Å²) in [5.41, 5.74) is 9.48. The van der Waals surface area contributed by atoms with Crippen LogP contribution in [0.3, 0.4) is 0 Å². The maximum Gasteiger partial charge on any atom is 0.332 e. The van der Waals surface area contributed by atoms with Gasteiger partial charge in [0.1, 0.15) is 0 Å². The topological polar surface area (TPSA) is 67.5 Å². The maximum absolute atomic E-state index is 10.5. The highest BCUT2D eigenvalue weighted by Gasteiger charge is 2.21. The molecule has 3 N–H and O–H groups in total. The lowest BCUT2D eigenvalue weighted by atomic mass is 10.00. The van der Waals surface area contributed by atoms with Crippen molar-refractivity contribution in [2.45, 2.75) is 27.2 Å². The summed E-state index contributed by atoms with van der Waals surface area (Å²) in [6.07, 6.45) is 3.07. The molecular formula is C10H17N3O. The highest BCUT2D eigenvalue weighted by atomic mass is 16.2. The van der Waals surface area contributed by atoms with E-state index in [2.05, 4.69) is 31.3 Å². The number of hydrazone groups is 1. The van der Waals surface area contributed by atoms with Gasteiger partial charge >= 0.3 is 6.03 Å². The molecule has 0 saturated heterocycles. The number of urea groups is 1. The van der Waals surface area contributed by atoms with Crippen LogP contribution in [0.15, 0.2) is 16.8 Å². The molecule has 0 bridgehead atoms. The van der Waals surface area contributed by atoms with Gasteiger partial charge < -0.3 is 5.73 Å². The number of amides is 2. The van der Waals surface area contributed by atoms with Gasteiger partial charge in [0, 0.05) is 5.92 Å². The van der Waals surface area contributed by atoms with E-state index in [-0.39, 0.29) is 0 Å². The Hall–Kier alpha value is -1.32. The second-order valence-electron chi connectivity index (χ2n) is 3.99. The largest absolute Gasteiger partial charge is 0.350 e. The van der Waals surface area contributed by atoms with E-state index in [0.29, 0.717) is 11.8 Å². The highest BCUT2D eigenvalue weighted by molar-refractivity contribution is 6.00. The van der Waals surface area contributed by atoms with Crippen LogP contribution in [-0.2, 0) is 0 Å². The van der Waals surface area contributed by atoms with Gasteiger partial charge in [-0.3, -0.25) is 0 Å². The Labute approximate surface area is 84.2 Å². The van der Waals surface area contributed by atoms with Crippen molar-refractivity contribution < 1.29 is 4.79 Å². The first-order valence-corrected chi connectivity index (χ1v) is 4.84. The number of hydrogen-bond acceptors (Lipinski definition) is 2. The fraction of sp³-hybridized carbons (Fsp3) is 0.600. The molecule has 4 nitrogen and oxygen atoms in total. The molecule has 1 rings (SSSR count). The molecule has 1 aliphatic rings. The van der Waals surface area contributed by atoms with E-state index in [0.717, 1.165) is 12.1 Å². The van der Waals surface area contributed by atoms with Crippen molar-refractivity contribution in [3.05, 3.63) is 11.6 Å². The number of allylic oxidation sites excluding steroid dienone is 2. The molecule has 1 atom stereocenters. The van der Waals surface area contributed by atoms with Crippen LogP contribution < -0.4 is 11.2 Å². The summed E-state index contributed by atoms with van der Waals surface area (Å²) >= 11 is 0. The number of nitrogens with zero attached hydrogens (tertiary/aromatic N) is 1. The smallest absolute Gasteiger partial charge is 0.332 e. The second-order valence-corrected chi connectivity index (χ2v) is 3.99. The van der Waals surface area contributed by atoms with Crippen LogP contribution in [0.2, 0.25) is 0 Å². The molecule has 0 saturated carbocycles. The summed E-state index contributed by atoms with van der Waals surface area (Å²) in [6, 6.07) is -0.615. The number of carbonyl (C=O) groups excluding carboxylic acids is 1. The predicted molar refractivity (Wildman–Crippen MR) is 56.9 cm³/mol. The molecule has 1 aliphatic carbocycles. The molecule has 4 heteroatoms. The first-order chi connectivity index (χ1) is 6.50. The number of hydrogen-bond donors (Lipinski definition) is 2. The molecule has 1 unspecified atom stereocenters. The minimum atomic E-state index is -0.615. The molecule has 0 radical (unpaired) electrons. The van der Waals surface area contributed by atoms with Crippen molar-refractivity contribution in [2.75, 3.05) is 0 Å². The van der Waals surface area contributed by atoms with Gasteiger partial charge in [-0.05, 0) is 18.4 Å². The van der Waals surface area contributed by atoms with Gasteiger partial charge in [0.05, 0.1) is 5.71 Å². The van der Waals surface area contributed by atoms with Gasteiger partial charge in [-0.15, -0.1) is 0 Å². The zero-order valence-corrected chi connectivity index (χ0v) is 8.87. The molecule has 78 valence electrons. The van der Waals surface area contributed by atoms with E-state index >= 15 is 0 Å². The number of rotatable bonds is 2. The average Bonchev–Trinajstić information content (AvgIpc) is 2.43. The van der Waals surface area contributed by atoms with Crippen molar-refractivity contribution in [1.29, 1.82) is 0 Å². The van der Waals surface area contributed by atoms with Crippen molar-refractivity contribution in [3.8, 4) is 0 Å². The Morgan fingerprint density at radius 1 is 1.71 bits per heavy atom. The van der Waals surface area contributed by atoms with Crippen LogP contribution in [-0.4, -0.2) is 11.7 Å². The predicted octanol–water partition coefficient (Wildman–Crippen LogP) is 1.63. The summed E-state index contributed by atoms with van der Waals surface area (Å²) in [7, 11) is 0. The Morgan fingerprint density at radius 2 is 2.36 bits per heavy atom. The lowest BCUT2D eigenvalue weighted by Crippen LogP contribution is -2.26. The van der Waals surface area contributed by atoms with Gasteiger partial charge in [-0.1, -0.05) is 26.3 Å². The third-order valence-corrected chi connectivity index (χ3v) is 2.42.